The van der Waals surface area contributed by atoms with Gasteiger partial charge in [0.1, 0.15) is 17.2 Å². The predicted molar refractivity (Wildman–Crippen MR) is 99.0 cm³/mol. The molecular weight excluding hydrogens is 350 g/mol. The molecule has 27 heavy (non-hydrogen) atoms. The molecule has 0 bridgehead atoms. The first-order valence-corrected chi connectivity index (χ1v) is 8.38. The highest BCUT2D eigenvalue weighted by Crippen LogP contribution is 2.29. The van der Waals surface area contributed by atoms with Crippen molar-refractivity contribution in [3.05, 3.63) is 54.1 Å². The lowest BCUT2D eigenvalue weighted by Crippen LogP contribution is -2.32. The van der Waals surface area contributed by atoms with Gasteiger partial charge in [0.25, 0.3) is 5.91 Å². The van der Waals surface area contributed by atoms with Crippen molar-refractivity contribution in [2.75, 3.05) is 27.4 Å². The van der Waals surface area contributed by atoms with Crippen LogP contribution in [0.25, 0.3) is 0 Å². The van der Waals surface area contributed by atoms with Crippen LogP contribution in [0.2, 0.25) is 0 Å². The van der Waals surface area contributed by atoms with Crippen LogP contribution < -0.4 is 19.5 Å². The number of rotatable bonds is 9. The molecule has 0 radical (unpaired) electrons. The number of esters is 1. The second kappa shape index (κ2) is 10.1. The number of ether oxygens (including phenoxy) is 4. The number of methoxy groups -OCH3 is 2. The number of benzene rings is 2. The molecule has 144 valence electrons. The van der Waals surface area contributed by atoms with E-state index in [-0.39, 0.29) is 12.6 Å². The van der Waals surface area contributed by atoms with Gasteiger partial charge in [-0.1, -0.05) is 18.2 Å². The Bertz CT molecular complexity index is 762. The van der Waals surface area contributed by atoms with Crippen LogP contribution in [-0.2, 0) is 14.3 Å². The normalized spacial score (nSPS) is 11.2. The molecule has 0 aromatic heterocycles. The first-order chi connectivity index (χ1) is 13.0. The van der Waals surface area contributed by atoms with Crippen molar-refractivity contribution in [3.8, 4) is 17.2 Å². The average molecular weight is 373 g/mol. The third-order valence-electron chi connectivity index (χ3n) is 3.75. The van der Waals surface area contributed by atoms with Crippen LogP contribution in [0.3, 0.4) is 0 Å². The highest BCUT2D eigenvalue weighted by atomic mass is 16.6. The van der Waals surface area contributed by atoms with E-state index in [0.29, 0.717) is 17.2 Å². The molecule has 2 rings (SSSR count). The van der Waals surface area contributed by atoms with Crippen molar-refractivity contribution in [1.82, 2.24) is 5.32 Å². The average Bonchev–Trinajstić information content (AvgIpc) is 2.70. The second-order valence-corrected chi connectivity index (χ2v) is 5.66. The summed E-state index contributed by atoms with van der Waals surface area (Å²) >= 11 is 0. The Morgan fingerprint density at radius 2 is 1.70 bits per heavy atom. The van der Waals surface area contributed by atoms with Crippen molar-refractivity contribution in [2.24, 2.45) is 0 Å². The molecule has 0 saturated heterocycles. The van der Waals surface area contributed by atoms with Gasteiger partial charge < -0.3 is 24.3 Å². The van der Waals surface area contributed by atoms with E-state index in [2.05, 4.69) is 5.32 Å². The van der Waals surface area contributed by atoms with E-state index in [1.165, 1.54) is 0 Å². The highest BCUT2D eigenvalue weighted by Gasteiger charge is 2.16. The standard InChI is InChI=1S/C20H23NO6/c1-14(17-11-16(24-2)9-10-18(17)25-3)21-19(22)12-27-20(23)13-26-15-7-5-4-6-8-15/h4-11,14H,12-13H2,1-3H3,(H,21,22). The lowest BCUT2D eigenvalue weighted by molar-refractivity contribution is -0.150. The summed E-state index contributed by atoms with van der Waals surface area (Å²) in [6, 6.07) is 13.8. The smallest absolute Gasteiger partial charge is 0.344 e. The van der Waals surface area contributed by atoms with Crippen LogP contribution in [0, 0.1) is 0 Å². The molecule has 1 atom stereocenters. The third kappa shape index (κ3) is 6.22. The summed E-state index contributed by atoms with van der Waals surface area (Å²) in [6.45, 7) is 1.14. The Labute approximate surface area is 158 Å². The van der Waals surface area contributed by atoms with Gasteiger partial charge in [-0.25, -0.2) is 4.79 Å². The van der Waals surface area contributed by atoms with E-state index in [9.17, 15) is 9.59 Å². The molecule has 2 aromatic rings. The van der Waals surface area contributed by atoms with Crippen molar-refractivity contribution in [1.29, 1.82) is 0 Å². The minimum atomic E-state index is -0.624. The first-order valence-electron chi connectivity index (χ1n) is 8.38. The molecule has 2 aromatic carbocycles. The summed E-state index contributed by atoms with van der Waals surface area (Å²) in [5.41, 5.74) is 0.754. The fraction of sp³-hybridized carbons (Fsp3) is 0.300. The van der Waals surface area contributed by atoms with Crippen molar-refractivity contribution < 1.29 is 28.5 Å². The molecular formula is C20H23NO6. The molecule has 7 heteroatoms. The monoisotopic (exact) mass is 373 g/mol. The number of carbonyl (C=O) groups excluding carboxylic acids is 2. The molecule has 0 aliphatic heterocycles. The zero-order chi connectivity index (χ0) is 19.6. The van der Waals surface area contributed by atoms with Crippen LogP contribution in [0.5, 0.6) is 17.2 Å². The van der Waals surface area contributed by atoms with Crippen LogP contribution >= 0.6 is 0 Å². The van der Waals surface area contributed by atoms with E-state index in [1.807, 2.05) is 6.07 Å². The topological polar surface area (TPSA) is 83.1 Å². The van der Waals surface area contributed by atoms with Gasteiger partial charge in [-0.05, 0) is 37.3 Å². The first kappa shape index (κ1) is 20.1. The third-order valence-corrected chi connectivity index (χ3v) is 3.75. The van der Waals surface area contributed by atoms with Crippen LogP contribution in [0.1, 0.15) is 18.5 Å². The van der Waals surface area contributed by atoms with Gasteiger partial charge in [-0.15, -0.1) is 0 Å². The Kier molecular flexibility index (Phi) is 7.49. The van der Waals surface area contributed by atoms with Gasteiger partial charge in [0, 0.05) is 5.56 Å². The molecule has 1 amide bonds. The van der Waals surface area contributed by atoms with Crippen LogP contribution in [0.4, 0.5) is 0 Å². The van der Waals surface area contributed by atoms with Crippen LogP contribution in [-0.4, -0.2) is 39.3 Å². The molecule has 1 N–H and O–H groups in total. The molecule has 0 saturated carbocycles. The van der Waals surface area contributed by atoms with Crippen molar-refractivity contribution in [3.63, 3.8) is 0 Å². The Balaban J connectivity index is 1.82. The maximum absolute atomic E-state index is 12.1. The molecule has 7 nitrogen and oxygen atoms in total. The summed E-state index contributed by atoms with van der Waals surface area (Å²) in [7, 11) is 3.11. The van der Waals surface area contributed by atoms with Gasteiger partial charge in [-0.2, -0.15) is 0 Å². The van der Waals surface area contributed by atoms with Gasteiger partial charge in [-0.3, -0.25) is 4.79 Å². The lowest BCUT2D eigenvalue weighted by Gasteiger charge is -2.18. The Hall–Kier alpha value is -3.22. The lowest BCUT2D eigenvalue weighted by atomic mass is 10.1. The summed E-state index contributed by atoms with van der Waals surface area (Å²) in [5.74, 6) is 0.770. The largest absolute Gasteiger partial charge is 0.497 e. The zero-order valence-corrected chi connectivity index (χ0v) is 15.6. The van der Waals surface area contributed by atoms with Gasteiger partial charge in [0.2, 0.25) is 0 Å². The molecule has 0 fully saturated rings. The minimum absolute atomic E-state index is 0.267. The van der Waals surface area contributed by atoms with Gasteiger partial charge >= 0.3 is 5.97 Å². The number of carbonyl (C=O) groups is 2. The summed E-state index contributed by atoms with van der Waals surface area (Å²) in [5, 5.41) is 2.76. The maximum Gasteiger partial charge on any atom is 0.344 e. The number of hydrogen-bond acceptors (Lipinski definition) is 6. The highest BCUT2D eigenvalue weighted by molar-refractivity contribution is 5.81. The van der Waals surface area contributed by atoms with E-state index >= 15 is 0 Å². The fourth-order valence-corrected chi connectivity index (χ4v) is 2.39. The SMILES string of the molecule is COc1ccc(OC)c(C(C)NC(=O)COC(=O)COc2ccccc2)c1. The number of nitrogens with one attached hydrogen (secondary N) is 1. The van der Waals surface area contributed by atoms with Crippen molar-refractivity contribution in [2.45, 2.75) is 13.0 Å². The van der Waals surface area contributed by atoms with E-state index in [4.69, 9.17) is 18.9 Å². The quantitative estimate of drug-likeness (QED) is 0.680. The summed E-state index contributed by atoms with van der Waals surface area (Å²) in [6.07, 6.45) is 0. The number of amides is 1. The second-order valence-electron chi connectivity index (χ2n) is 5.66. The maximum atomic E-state index is 12.1. The summed E-state index contributed by atoms with van der Waals surface area (Å²) < 4.78 is 20.7. The Morgan fingerprint density at radius 3 is 2.37 bits per heavy atom. The molecule has 0 aliphatic carbocycles. The Morgan fingerprint density at radius 1 is 0.963 bits per heavy atom. The zero-order valence-electron chi connectivity index (χ0n) is 15.6. The van der Waals surface area contributed by atoms with Gasteiger partial charge in [0.05, 0.1) is 20.3 Å². The summed E-state index contributed by atoms with van der Waals surface area (Å²) in [4.78, 5) is 23.8. The predicted octanol–water partition coefficient (Wildman–Crippen LogP) is 2.50. The molecule has 1 unspecified atom stereocenters. The van der Waals surface area contributed by atoms with E-state index < -0.39 is 18.5 Å². The number of hydrogen-bond donors (Lipinski definition) is 1. The van der Waals surface area contributed by atoms with E-state index in [0.717, 1.165) is 5.56 Å². The molecule has 0 heterocycles. The molecule has 0 spiro atoms. The molecule has 0 aliphatic rings. The van der Waals surface area contributed by atoms with Crippen LogP contribution in [0.15, 0.2) is 48.5 Å². The van der Waals surface area contributed by atoms with Crippen molar-refractivity contribution >= 4 is 11.9 Å². The number of para-hydroxylation sites is 1. The fourth-order valence-electron chi connectivity index (χ4n) is 2.39. The minimum Gasteiger partial charge on any atom is -0.497 e. The van der Waals surface area contributed by atoms with Gasteiger partial charge in [0.15, 0.2) is 13.2 Å². The van der Waals surface area contributed by atoms with E-state index in [1.54, 1.807) is 63.6 Å².